The zero-order chi connectivity index (χ0) is 15.3. The number of nitrogens with one attached hydrogen (secondary N) is 2. The summed E-state index contributed by atoms with van der Waals surface area (Å²) in [4.78, 5) is 41.0. The van der Waals surface area contributed by atoms with Crippen molar-refractivity contribution >= 4 is 28.6 Å². The summed E-state index contributed by atoms with van der Waals surface area (Å²) < 4.78 is 1.42. The van der Waals surface area contributed by atoms with Crippen LogP contribution in [0.15, 0.2) is 29.6 Å². The Bertz CT molecular complexity index is 958. The number of rotatable bonds is 2. The fourth-order valence-corrected chi connectivity index (χ4v) is 2.46. The monoisotopic (exact) mass is 297 g/mol. The lowest BCUT2D eigenvalue weighted by Gasteiger charge is -2.08. The second kappa shape index (κ2) is 4.38. The first-order valence-corrected chi connectivity index (χ1v) is 6.55. The van der Waals surface area contributed by atoms with Crippen LogP contribution in [0.2, 0.25) is 0 Å². The summed E-state index contributed by atoms with van der Waals surface area (Å²) in [7, 11) is 1.65. The molecule has 22 heavy (non-hydrogen) atoms. The number of nitrogens with zero attached hydrogens (tertiary/aromatic N) is 5. The van der Waals surface area contributed by atoms with Crippen molar-refractivity contribution in [3.05, 3.63) is 40.8 Å². The molecule has 1 aliphatic rings. The number of hydrogen-bond donors (Lipinski definition) is 2. The van der Waals surface area contributed by atoms with Gasteiger partial charge in [0.05, 0.1) is 6.33 Å². The third kappa shape index (κ3) is 1.68. The molecule has 0 atom stereocenters. The molecule has 4 rings (SSSR count). The number of anilines is 2. The number of pyridine rings is 1. The van der Waals surface area contributed by atoms with Gasteiger partial charge in [0, 0.05) is 7.05 Å². The van der Waals surface area contributed by atoms with Gasteiger partial charge in [0.25, 0.3) is 11.5 Å². The van der Waals surface area contributed by atoms with Crippen LogP contribution in [0, 0.1) is 0 Å². The Morgan fingerprint density at radius 1 is 1.23 bits per heavy atom. The summed E-state index contributed by atoms with van der Waals surface area (Å²) in [5.74, 6) is 0.266. The number of carbonyl (C=O) groups is 1. The molecule has 1 amide bonds. The maximum Gasteiger partial charge on any atom is 0.276 e. The predicted octanol–water partition coefficient (Wildman–Crippen LogP) is 0.301. The number of hydrogen-bond acceptors (Lipinski definition) is 6. The SMILES string of the molecule is CN1Cn2c(ccc(Nc3ncnc4[nH]cnc34)c2=O)C1=O. The molecule has 110 valence electrons. The molecule has 0 saturated carbocycles. The largest absolute Gasteiger partial charge is 0.334 e. The lowest BCUT2D eigenvalue weighted by Crippen LogP contribution is -2.24. The third-order valence-corrected chi connectivity index (χ3v) is 3.56. The normalized spacial score (nSPS) is 13.7. The van der Waals surface area contributed by atoms with E-state index < -0.39 is 0 Å². The van der Waals surface area contributed by atoms with E-state index in [1.54, 1.807) is 19.2 Å². The Hall–Kier alpha value is -3.23. The van der Waals surface area contributed by atoms with Gasteiger partial charge in [0.2, 0.25) is 0 Å². The molecule has 0 fully saturated rings. The van der Waals surface area contributed by atoms with Crippen LogP contribution in [0.3, 0.4) is 0 Å². The standard InChI is InChI=1S/C13H11N7O2/c1-19-6-20-8(13(19)22)3-2-7(12(20)21)18-11-9-10(15-4-14-9)16-5-17-11/h2-5H,6H2,1H3,(H2,14,15,16,17,18). The van der Waals surface area contributed by atoms with Crippen molar-refractivity contribution in [1.29, 1.82) is 0 Å². The Morgan fingerprint density at radius 3 is 2.95 bits per heavy atom. The smallest absolute Gasteiger partial charge is 0.276 e. The highest BCUT2D eigenvalue weighted by Gasteiger charge is 2.26. The summed E-state index contributed by atoms with van der Waals surface area (Å²) in [5.41, 5.74) is 1.55. The minimum absolute atomic E-state index is 0.166. The van der Waals surface area contributed by atoms with Crippen LogP contribution in [-0.2, 0) is 6.67 Å². The van der Waals surface area contributed by atoms with Gasteiger partial charge < -0.3 is 15.2 Å². The Balaban J connectivity index is 1.79. The van der Waals surface area contributed by atoms with Crippen molar-refractivity contribution in [2.45, 2.75) is 6.67 Å². The summed E-state index contributed by atoms with van der Waals surface area (Å²) in [6, 6.07) is 3.20. The molecule has 0 aromatic carbocycles. The van der Waals surface area contributed by atoms with Gasteiger partial charge in [-0.25, -0.2) is 15.0 Å². The van der Waals surface area contributed by atoms with Crippen LogP contribution >= 0.6 is 0 Å². The zero-order valence-corrected chi connectivity index (χ0v) is 11.6. The van der Waals surface area contributed by atoms with E-state index in [2.05, 4.69) is 25.3 Å². The number of amides is 1. The van der Waals surface area contributed by atoms with Crippen LogP contribution in [0.1, 0.15) is 10.5 Å². The topological polar surface area (TPSA) is 109 Å². The lowest BCUT2D eigenvalue weighted by molar-refractivity contribution is 0.0811. The van der Waals surface area contributed by atoms with Gasteiger partial charge in [-0.05, 0) is 12.1 Å². The van der Waals surface area contributed by atoms with Crippen molar-refractivity contribution in [3.63, 3.8) is 0 Å². The second-order valence-corrected chi connectivity index (χ2v) is 4.96. The van der Waals surface area contributed by atoms with E-state index in [9.17, 15) is 9.59 Å². The molecule has 0 saturated heterocycles. The Kier molecular flexibility index (Phi) is 2.49. The van der Waals surface area contributed by atoms with E-state index in [0.29, 0.717) is 28.4 Å². The maximum atomic E-state index is 12.5. The van der Waals surface area contributed by atoms with Crippen molar-refractivity contribution in [3.8, 4) is 0 Å². The van der Waals surface area contributed by atoms with Crippen LogP contribution in [0.25, 0.3) is 11.2 Å². The van der Waals surface area contributed by atoms with Crippen LogP contribution in [-0.4, -0.2) is 42.4 Å². The van der Waals surface area contributed by atoms with E-state index >= 15 is 0 Å². The molecule has 0 bridgehead atoms. The molecule has 0 aliphatic carbocycles. The minimum Gasteiger partial charge on any atom is -0.334 e. The van der Waals surface area contributed by atoms with Gasteiger partial charge in [-0.1, -0.05) is 0 Å². The summed E-state index contributed by atoms with van der Waals surface area (Å²) >= 11 is 0. The fourth-order valence-electron chi connectivity index (χ4n) is 2.46. The predicted molar refractivity (Wildman–Crippen MR) is 77.8 cm³/mol. The number of aromatic amines is 1. The summed E-state index contributed by atoms with van der Waals surface area (Å²) in [5, 5.41) is 2.96. The van der Waals surface area contributed by atoms with Crippen LogP contribution in [0.4, 0.5) is 11.5 Å². The molecule has 3 aromatic heterocycles. The molecule has 3 aromatic rings. The highest BCUT2D eigenvalue weighted by atomic mass is 16.2. The van der Waals surface area contributed by atoms with Gasteiger partial charge in [0.15, 0.2) is 17.0 Å². The van der Waals surface area contributed by atoms with Gasteiger partial charge in [-0.3, -0.25) is 14.2 Å². The number of H-pyrrole nitrogens is 1. The van der Waals surface area contributed by atoms with Gasteiger partial charge >= 0.3 is 0 Å². The average molecular weight is 297 g/mol. The first kappa shape index (κ1) is 12.5. The molecular formula is C13H11N7O2. The van der Waals surface area contributed by atoms with E-state index in [1.165, 1.54) is 22.1 Å². The minimum atomic E-state index is -0.280. The van der Waals surface area contributed by atoms with Crippen LogP contribution < -0.4 is 10.9 Å². The molecule has 0 unspecified atom stereocenters. The number of imidazole rings is 1. The molecule has 9 nitrogen and oxygen atoms in total. The summed E-state index contributed by atoms with van der Waals surface area (Å²) in [6.07, 6.45) is 2.89. The quantitative estimate of drug-likeness (QED) is 0.704. The van der Waals surface area contributed by atoms with E-state index in [1.807, 2.05) is 0 Å². The molecule has 1 aliphatic heterocycles. The first-order valence-electron chi connectivity index (χ1n) is 6.55. The van der Waals surface area contributed by atoms with Gasteiger partial charge in [0.1, 0.15) is 24.4 Å². The average Bonchev–Trinajstić information content (AvgIpc) is 3.09. The van der Waals surface area contributed by atoms with E-state index in [4.69, 9.17) is 0 Å². The zero-order valence-electron chi connectivity index (χ0n) is 11.6. The lowest BCUT2D eigenvalue weighted by atomic mass is 10.3. The molecule has 0 spiro atoms. The molecule has 9 heteroatoms. The molecule has 0 radical (unpaired) electrons. The first-order chi connectivity index (χ1) is 10.6. The molecular weight excluding hydrogens is 286 g/mol. The molecule has 2 N–H and O–H groups in total. The van der Waals surface area contributed by atoms with E-state index in [0.717, 1.165) is 0 Å². The van der Waals surface area contributed by atoms with Crippen molar-refractivity contribution in [2.24, 2.45) is 0 Å². The number of aromatic nitrogens is 5. The third-order valence-electron chi connectivity index (χ3n) is 3.56. The molecule has 4 heterocycles. The second-order valence-electron chi connectivity index (χ2n) is 4.96. The van der Waals surface area contributed by atoms with Crippen LogP contribution in [0.5, 0.6) is 0 Å². The Labute approximate surface area is 123 Å². The van der Waals surface area contributed by atoms with Crippen molar-refractivity contribution in [2.75, 3.05) is 12.4 Å². The number of carbonyl (C=O) groups excluding carboxylic acids is 1. The summed E-state index contributed by atoms with van der Waals surface area (Å²) in [6.45, 7) is 0.240. The Morgan fingerprint density at radius 2 is 2.09 bits per heavy atom. The fraction of sp³-hybridized carbons (Fsp3) is 0.154. The maximum absolute atomic E-state index is 12.5. The number of fused-ring (bicyclic) bond motifs is 2. The van der Waals surface area contributed by atoms with Crippen molar-refractivity contribution < 1.29 is 4.79 Å². The van der Waals surface area contributed by atoms with Gasteiger partial charge in [-0.15, -0.1) is 0 Å². The highest BCUT2D eigenvalue weighted by Crippen LogP contribution is 2.20. The highest BCUT2D eigenvalue weighted by molar-refractivity contribution is 5.94. The van der Waals surface area contributed by atoms with Gasteiger partial charge in [-0.2, -0.15) is 0 Å². The van der Waals surface area contributed by atoms with E-state index in [-0.39, 0.29) is 18.1 Å². The van der Waals surface area contributed by atoms with Crippen molar-refractivity contribution in [1.82, 2.24) is 29.4 Å².